The van der Waals surface area contributed by atoms with Crippen LogP contribution in [0.5, 0.6) is 0 Å². The molecule has 0 aliphatic heterocycles. The van der Waals surface area contributed by atoms with E-state index in [1.165, 1.54) is 0 Å². The van der Waals surface area contributed by atoms with Crippen molar-refractivity contribution >= 4 is 11.9 Å². The number of amides is 1. The SMILES string of the molecule is NC(CCC(=O)NCCOCC(=O)O)c1ccccc1. The fourth-order valence-electron chi connectivity index (χ4n) is 1.66. The highest BCUT2D eigenvalue weighted by Crippen LogP contribution is 2.14. The van der Waals surface area contributed by atoms with Crippen LogP contribution in [0.25, 0.3) is 0 Å². The molecule has 110 valence electrons. The number of carboxylic acids is 1. The van der Waals surface area contributed by atoms with Gasteiger partial charge in [-0.3, -0.25) is 4.79 Å². The molecule has 1 atom stereocenters. The summed E-state index contributed by atoms with van der Waals surface area (Å²) in [6, 6.07) is 9.44. The monoisotopic (exact) mass is 280 g/mol. The minimum absolute atomic E-state index is 0.115. The Morgan fingerprint density at radius 1 is 1.30 bits per heavy atom. The van der Waals surface area contributed by atoms with E-state index in [2.05, 4.69) is 5.32 Å². The molecule has 0 heterocycles. The van der Waals surface area contributed by atoms with Crippen molar-refractivity contribution in [3.05, 3.63) is 35.9 Å². The molecule has 0 aromatic heterocycles. The molecule has 0 saturated carbocycles. The summed E-state index contributed by atoms with van der Waals surface area (Å²) in [7, 11) is 0. The molecule has 0 radical (unpaired) electrons. The Balaban J connectivity index is 2.12. The highest BCUT2D eigenvalue weighted by molar-refractivity contribution is 5.75. The third-order valence-electron chi connectivity index (χ3n) is 2.70. The molecule has 1 aromatic carbocycles. The van der Waals surface area contributed by atoms with Crippen LogP contribution in [-0.2, 0) is 14.3 Å². The first-order valence-electron chi connectivity index (χ1n) is 6.46. The lowest BCUT2D eigenvalue weighted by atomic mass is 10.0. The van der Waals surface area contributed by atoms with E-state index >= 15 is 0 Å². The van der Waals surface area contributed by atoms with E-state index in [0.29, 0.717) is 19.4 Å². The van der Waals surface area contributed by atoms with Gasteiger partial charge in [0.15, 0.2) is 0 Å². The molecule has 6 nitrogen and oxygen atoms in total. The molecule has 6 heteroatoms. The van der Waals surface area contributed by atoms with E-state index in [1.54, 1.807) is 0 Å². The maximum Gasteiger partial charge on any atom is 0.329 e. The van der Waals surface area contributed by atoms with Crippen molar-refractivity contribution in [2.24, 2.45) is 5.73 Å². The van der Waals surface area contributed by atoms with Gasteiger partial charge < -0.3 is 20.9 Å². The topological polar surface area (TPSA) is 102 Å². The first-order chi connectivity index (χ1) is 9.59. The molecule has 0 saturated heterocycles. The number of hydrogen-bond acceptors (Lipinski definition) is 4. The molecule has 1 rings (SSSR count). The van der Waals surface area contributed by atoms with Crippen LogP contribution < -0.4 is 11.1 Å². The van der Waals surface area contributed by atoms with Gasteiger partial charge in [0.25, 0.3) is 0 Å². The van der Waals surface area contributed by atoms with Crippen molar-refractivity contribution < 1.29 is 19.4 Å². The smallest absolute Gasteiger partial charge is 0.329 e. The van der Waals surface area contributed by atoms with E-state index in [4.69, 9.17) is 15.6 Å². The minimum Gasteiger partial charge on any atom is -0.480 e. The predicted octanol–water partition coefficient (Wildman–Crippen LogP) is 0.684. The highest BCUT2D eigenvalue weighted by Gasteiger charge is 2.08. The molecule has 4 N–H and O–H groups in total. The van der Waals surface area contributed by atoms with Crippen LogP contribution in [0.4, 0.5) is 0 Å². The van der Waals surface area contributed by atoms with Gasteiger partial charge in [0, 0.05) is 19.0 Å². The molecule has 20 heavy (non-hydrogen) atoms. The van der Waals surface area contributed by atoms with Crippen LogP contribution in [0.2, 0.25) is 0 Å². The highest BCUT2D eigenvalue weighted by atomic mass is 16.5. The van der Waals surface area contributed by atoms with Gasteiger partial charge in [0.2, 0.25) is 5.91 Å². The zero-order chi connectivity index (χ0) is 14.8. The van der Waals surface area contributed by atoms with Crippen LogP contribution in [0.1, 0.15) is 24.4 Å². The molecule has 0 aliphatic rings. The van der Waals surface area contributed by atoms with Gasteiger partial charge in [0.05, 0.1) is 6.61 Å². The summed E-state index contributed by atoms with van der Waals surface area (Å²) >= 11 is 0. The Labute approximate surface area is 117 Å². The second-order valence-corrected chi connectivity index (χ2v) is 4.35. The van der Waals surface area contributed by atoms with Crippen LogP contribution in [0.3, 0.4) is 0 Å². The zero-order valence-corrected chi connectivity index (χ0v) is 11.2. The maximum absolute atomic E-state index is 11.5. The number of nitrogens with two attached hydrogens (primary N) is 1. The average molecular weight is 280 g/mol. The van der Waals surface area contributed by atoms with Gasteiger partial charge >= 0.3 is 5.97 Å². The summed E-state index contributed by atoms with van der Waals surface area (Å²) in [5, 5.41) is 11.0. The molecule has 0 fully saturated rings. The van der Waals surface area contributed by atoms with E-state index < -0.39 is 5.97 Å². The molecule has 0 spiro atoms. The number of nitrogens with one attached hydrogen (secondary N) is 1. The number of aliphatic carboxylic acids is 1. The number of carbonyl (C=O) groups excluding carboxylic acids is 1. The van der Waals surface area contributed by atoms with Crippen molar-refractivity contribution in [1.82, 2.24) is 5.32 Å². The van der Waals surface area contributed by atoms with Gasteiger partial charge in [-0.15, -0.1) is 0 Å². The number of carboxylic acid groups (broad SMARTS) is 1. The van der Waals surface area contributed by atoms with Crippen molar-refractivity contribution in [2.75, 3.05) is 19.8 Å². The molecular weight excluding hydrogens is 260 g/mol. The van der Waals surface area contributed by atoms with Crippen LogP contribution in [0, 0.1) is 0 Å². The maximum atomic E-state index is 11.5. The fourth-order valence-corrected chi connectivity index (χ4v) is 1.66. The third kappa shape index (κ3) is 6.86. The van der Waals surface area contributed by atoms with Crippen molar-refractivity contribution in [3.63, 3.8) is 0 Å². The third-order valence-corrected chi connectivity index (χ3v) is 2.70. The Bertz CT molecular complexity index is 422. The first-order valence-corrected chi connectivity index (χ1v) is 6.46. The van der Waals surface area contributed by atoms with Gasteiger partial charge in [0.1, 0.15) is 6.61 Å². The summed E-state index contributed by atoms with van der Waals surface area (Å²) in [6.07, 6.45) is 0.890. The van der Waals surface area contributed by atoms with E-state index in [0.717, 1.165) is 5.56 Å². The molecule has 1 aromatic rings. The number of ether oxygens (including phenoxy) is 1. The molecule has 1 unspecified atom stereocenters. The Morgan fingerprint density at radius 3 is 2.65 bits per heavy atom. The summed E-state index contributed by atoms with van der Waals surface area (Å²) in [6.45, 7) is 0.129. The van der Waals surface area contributed by atoms with E-state index in [1.807, 2.05) is 30.3 Å². The standard InChI is InChI=1S/C14H20N2O4/c15-12(11-4-2-1-3-5-11)6-7-13(17)16-8-9-20-10-14(18)19/h1-5,12H,6-10,15H2,(H,16,17)(H,18,19). The van der Waals surface area contributed by atoms with Crippen LogP contribution in [0.15, 0.2) is 30.3 Å². The largest absolute Gasteiger partial charge is 0.480 e. The Morgan fingerprint density at radius 2 is 2.00 bits per heavy atom. The normalized spacial score (nSPS) is 11.8. The molecule has 0 bridgehead atoms. The Kier molecular flexibility index (Phi) is 7.31. The van der Waals surface area contributed by atoms with Gasteiger partial charge in [-0.05, 0) is 12.0 Å². The van der Waals surface area contributed by atoms with Crippen LogP contribution in [-0.4, -0.2) is 36.7 Å². The minimum atomic E-state index is -1.02. The summed E-state index contributed by atoms with van der Waals surface area (Å²) < 4.78 is 4.80. The second kappa shape index (κ2) is 9.06. The summed E-state index contributed by atoms with van der Waals surface area (Å²) in [5.41, 5.74) is 6.99. The van der Waals surface area contributed by atoms with E-state index in [9.17, 15) is 9.59 Å². The molecule has 0 aliphatic carbocycles. The summed E-state index contributed by atoms with van der Waals surface area (Å²) in [5.74, 6) is -1.14. The van der Waals surface area contributed by atoms with Crippen molar-refractivity contribution in [1.29, 1.82) is 0 Å². The lowest BCUT2D eigenvalue weighted by molar-refractivity contribution is -0.142. The predicted molar refractivity (Wildman–Crippen MR) is 74.1 cm³/mol. The average Bonchev–Trinajstić information content (AvgIpc) is 2.45. The first kappa shape index (κ1) is 16.1. The lowest BCUT2D eigenvalue weighted by Gasteiger charge is -2.11. The number of benzene rings is 1. The van der Waals surface area contributed by atoms with Crippen LogP contribution >= 0.6 is 0 Å². The quantitative estimate of drug-likeness (QED) is 0.577. The second-order valence-electron chi connectivity index (χ2n) is 4.35. The number of hydrogen-bond donors (Lipinski definition) is 3. The van der Waals surface area contributed by atoms with Crippen molar-refractivity contribution in [3.8, 4) is 0 Å². The van der Waals surface area contributed by atoms with Gasteiger partial charge in [-0.1, -0.05) is 30.3 Å². The Hall–Kier alpha value is -1.92. The fraction of sp³-hybridized carbons (Fsp3) is 0.429. The molecular formula is C14H20N2O4. The van der Waals surface area contributed by atoms with Crippen molar-refractivity contribution in [2.45, 2.75) is 18.9 Å². The zero-order valence-electron chi connectivity index (χ0n) is 11.2. The van der Waals surface area contributed by atoms with E-state index in [-0.39, 0.29) is 25.2 Å². The van der Waals surface area contributed by atoms with Gasteiger partial charge in [-0.2, -0.15) is 0 Å². The number of rotatable bonds is 9. The van der Waals surface area contributed by atoms with Gasteiger partial charge in [-0.25, -0.2) is 4.79 Å². The molecule has 1 amide bonds. The number of carbonyl (C=O) groups is 2. The lowest BCUT2D eigenvalue weighted by Crippen LogP contribution is -2.28. The summed E-state index contributed by atoms with van der Waals surface area (Å²) in [4.78, 5) is 21.7.